The number of anilines is 1. The molecule has 0 saturated carbocycles. The van der Waals surface area contributed by atoms with Gasteiger partial charge >= 0.3 is 6.18 Å². The maximum absolute atomic E-state index is 12.9. The van der Waals surface area contributed by atoms with Gasteiger partial charge in [-0.25, -0.2) is 4.98 Å². The number of benzene rings is 1. The van der Waals surface area contributed by atoms with E-state index in [9.17, 15) is 18.0 Å². The largest absolute Gasteiger partial charge is 0.417 e. The molecule has 2 fully saturated rings. The third-order valence-electron chi connectivity index (χ3n) is 6.42. The molecule has 3 heterocycles. The van der Waals surface area contributed by atoms with Gasteiger partial charge in [-0.1, -0.05) is 41.9 Å². The average Bonchev–Trinajstić information content (AvgIpc) is 2.79. The molecule has 33 heavy (non-hydrogen) atoms. The lowest BCUT2D eigenvalue weighted by Gasteiger charge is -2.36. The van der Waals surface area contributed by atoms with Crippen molar-refractivity contribution < 1.29 is 18.0 Å². The number of rotatable bonds is 5. The summed E-state index contributed by atoms with van der Waals surface area (Å²) < 4.78 is 38.5. The lowest BCUT2D eigenvalue weighted by Crippen LogP contribution is -2.50. The molecule has 1 aromatic carbocycles. The summed E-state index contributed by atoms with van der Waals surface area (Å²) in [5.41, 5.74) is 0.409. The normalized spacial score (nSPS) is 20.6. The zero-order valence-corrected chi connectivity index (χ0v) is 19.1. The van der Waals surface area contributed by atoms with Crippen LogP contribution in [0.1, 0.15) is 36.8 Å². The van der Waals surface area contributed by atoms with Crippen molar-refractivity contribution in [3.8, 4) is 0 Å². The van der Waals surface area contributed by atoms with Gasteiger partial charge in [0.05, 0.1) is 10.6 Å². The zero-order chi connectivity index (χ0) is 23.4. The molecule has 2 aliphatic heterocycles. The second kappa shape index (κ2) is 10.3. The summed E-state index contributed by atoms with van der Waals surface area (Å²) in [4.78, 5) is 21.1. The quantitative estimate of drug-likeness (QED) is 0.671. The molecular weight excluding hydrogens is 453 g/mol. The van der Waals surface area contributed by atoms with E-state index in [0.29, 0.717) is 31.7 Å². The van der Waals surface area contributed by atoms with Gasteiger partial charge in [-0.15, -0.1) is 0 Å². The van der Waals surface area contributed by atoms with Crippen molar-refractivity contribution in [2.75, 3.05) is 31.1 Å². The molecular formula is C24H28ClF3N4O. The highest BCUT2D eigenvalue weighted by molar-refractivity contribution is 6.33. The molecule has 1 N–H and O–H groups in total. The van der Waals surface area contributed by atoms with E-state index in [1.807, 2.05) is 23.1 Å². The first-order valence-corrected chi connectivity index (χ1v) is 11.7. The van der Waals surface area contributed by atoms with Crippen molar-refractivity contribution in [3.05, 3.63) is 58.7 Å². The molecule has 2 aromatic rings. The molecule has 4 rings (SSSR count). The minimum atomic E-state index is -4.48. The number of nitrogens with one attached hydrogen (secondary N) is 1. The lowest BCUT2D eigenvalue weighted by molar-refractivity contribution is -0.137. The Morgan fingerprint density at radius 3 is 2.52 bits per heavy atom. The van der Waals surface area contributed by atoms with E-state index < -0.39 is 11.7 Å². The Balaban J connectivity index is 1.27. The summed E-state index contributed by atoms with van der Waals surface area (Å²) in [5, 5.41) is 3.21. The maximum Gasteiger partial charge on any atom is 0.417 e. The number of carbonyl (C=O) groups excluding carboxylic acids is 1. The average molecular weight is 481 g/mol. The number of nitrogens with zero attached hydrogens (tertiary/aromatic N) is 3. The lowest BCUT2D eigenvalue weighted by atomic mass is 9.94. The number of pyridine rings is 1. The second-order valence-corrected chi connectivity index (χ2v) is 9.26. The predicted molar refractivity (Wildman–Crippen MR) is 122 cm³/mol. The van der Waals surface area contributed by atoms with Crippen molar-refractivity contribution >= 4 is 23.3 Å². The summed E-state index contributed by atoms with van der Waals surface area (Å²) in [7, 11) is 0. The van der Waals surface area contributed by atoms with Crippen molar-refractivity contribution in [3.63, 3.8) is 0 Å². The van der Waals surface area contributed by atoms with Gasteiger partial charge in [0.1, 0.15) is 5.82 Å². The first kappa shape index (κ1) is 23.8. The summed E-state index contributed by atoms with van der Waals surface area (Å²) >= 11 is 6.08. The van der Waals surface area contributed by atoms with E-state index in [-0.39, 0.29) is 22.9 Å². The number of amides is 1. The Morgan fingerprint density at radius 1 is 1.12 bits per heavy atom. The fourth-order valence-electron chi connectivity index (χ4n) is 4.65. The Kier molecular flexibility index (Phi) is 7.44. The molecule has 2 aliphatic rings. The van der Waals surface area contributed by atoms with Gasteiger partial charge in [0, 0.05) is 44.3 Å². The van der Waals surface area contributed by atoms with E-state index in [4.69, 9.17) is 11.6 Å². The summed E-state index contributed by atoms with van der Waals surface area (Å²) in [6, 6.07) is 11.4. The van der Waals surface area contributed by atoms with Crippen LogP contribution in [0, 0.1) is 5.92 Å². The van der Waals surface area contributed by atoms with Crippen LogP contribution in [0.15, 0.2) is 42.6 Å². The minimum Gasteiger partial charge on any atom is -0.355 e. The van der Waals surface area contributed by atoms with Crippen LogP contribution in [0.5, 0.6) is 0 Å². The smallest absolute Gasteiger partial charge is 0.355 e. The molecule has 0 bridgehead atoms. The first-order valence-electron chi connectivity index (χ1n) is 11.3. The van der Waals surface area contributed by atoms with Crippen LogP contribution >= 0.6 is 11.6 Å². The van der Waals surface area contributed by atoms with E-state index in [0.717, 1.165) is 44.7 Å². The molecule has 1 atom stereocenters. The molecule has 0 spiro atoms. The number of hydrogen-bond acceptors (Lipinski definition) is 4. The topological polar surface area (TPSA) is 48.5 Å². The maximum atomic E-state index is 12.9. The monoisotopic (exact) mass is 480 g/mol. The van der Waals surface area contributed by atoms with Crippen LogP contribution in [0.25, 0.3) is 0 Å². The molecule has 1 aromatic heterocycles. The van der Waals surface area contributed by atoms with Gasteiger partial charge in [0.15, 0.2) is 0 Å². The standard InChI is InChI=1S/C24H28ClF3N4O/c25-21-13-19(24(26,27)28)14-29-22(21)32-11-8-18(9-12-32)23(33)30-20-7-4-10-31(16-20)15-17-5-2-1-3-6-17/h1-3,5-6,13-14,18,20H,4,7-12,15-16H2,(H,30,33). The zero-order valence-electron chi connectivity index (χ0n) is 18.3. The van der Waals surface area contributed by atoms with Crippen LogP contribution in [0.4, 0.5) is 19.0 Å². The van der Waals surface area contributed by atoms with Crippen LogP contribution < -0.4 is 10.2 Å². The molecule has 1 unspecified atom stereocenters. The Labute approximate surface area is 196 Å². The van der Waals surface area contributed by atoms with Crippen LogP contribution in [0.2, 0.25) is 5.02 Å². The molecule has 0 aliphatic carbocycles. The van der Waals surface area contributed by atoms with Gasteiger partial charge in [-0.2, -0.15) is 13.2 Å². The third-order valence-corrected chi connectivity index (χ3v) is 6.69. The van der Waals surface area contributed by atoms with Gasteiger partial charge in [-0.05, 0) is 43.9 Å². The molecule has 178 valence electrons. The van der Waals surface area contributed by atoms with Crippen LogP contribution in [0.3, 0.4) is 0 Å². The van der Waals surface area contributed by atoms with Crippen LogP contribution in [-0.2, 0) is 17.5 Å². The number of aromatic nitrogens is 1. The number of piperidine rings is 2. The fraction of sp³-hybridized carbons (Fsp3) is 0.500. The van der Waals surface area contributed by atoms with Crippen molar-refractivity contribution in [1.82, 2.24) is 15.2 Å². The molecule has 9 heteroatoms. The first-order chi connectivity index (χ1) is 15.8. The van der Waals surface area contributed by atoms with E-state index >= 15 is 0 Å². The SMILES string of the molecule is O=C(NC1CCCN(Cc2ccccc2)C1)C1CCN(c2ncc(C(F)(F)F)cc2Cl)CC1. The summed E-state index contributed by atoms with van der Waals surface area (Å²) in [6.07, 6.45) is -0.410. The predicted octanol–water partition coefficient (Wildman–Crippen LogP) is 4.75. The van der Waals surface area contributed by atoms with Gasteiger partial charge in [0.2, 0.25) is 5.91 Å². The number of alkyl halides is 3. The highest BCUT2D eigenvalue weighted by Gasteiger charge is 2.33. The van der Waals surface area contributed by atoms with Crippen LogP contribution in [-0.4, -0.2) is 48.0 Å². The Bertz CT molecular complexity index is 948. The van der Waals surface area contributed by atoms with Crippen molar-refractivity contribution in [2.45, 2.75) is 44.4 Å². The number of hydrogen-bond donors (Lipinski definition) is 1. The van der Waals surface area contributed by atoms with E-state index in [2.05, 4.69) is 27.3 Å². The summed E-state index contributed by atoms with van der Waals surface area (Å²) in [5.74, 6) is 0.291. The highest BCUT2D eigenvalue weighted by Crippen LogP contribution is 2.34. The van der Waals surface area contributed by atoms with Crippen molar-refractivity contribution in [2.24, 2.45) is 5.92 Å². The van der Waals surface area contributed by atoms with E-state index in [1.54, 1.807) is 0 Å². The third kappa shape index (κ3) is 6.18. The number of carbonyl (C=O) groups is 1. The van der Waals surface area contributed by atoms with Crippen molar-refractivity contribution in [1.29, 1.82) is 0 Å². The second-order valence-electron chi connectivity index (χ2n) is 8.86. The molecule has 2 saturated heterocycles. The minimum absolute atomic E-state index is 0.0200. The van der Waals surface area contributed by atoms with Gasteiger partial charge in [-0.3, -0.25) is 9.69 Å². The van der Waals surface area contributed by atoms with Gasteiger partial charge < -0.3 is 10.2 Å². The van der Waals surface area contributed by atoms with Gasteiger partial charge in [0.25, 0.3) is 0 Å². The number of likely N-dealkylation sites (tertiary alicyclic amines) is 1. The Morgan fingerprint density at radius 2 is 1.85 bits per heavy atom. The highest BCUT2D eigenvalue weighted by atomic mass is 35.5. The molecule has 5 nitrogen and oxygen atoms in total. The number of halogens is 4. The van der Waals surface area contributed by atoms with E-state index in [1.165, 1.54) is 5.56 Å². The molecule has 0 radical (unpaired) electrons. The molecule has 1 amide bonds. The Hall–Kier alpha value is -2.32. The fourth-order valence-corrected chi connectivity index (χ4v) is 4.94. The summed E-state index contributed by atoms with van der Waals surface area (Å²) in [6.45, 7) is 3.81.